The van der Waals surface area contributed by atoms with Crippen molar-refractivity contribution in [3.8, 4) is 11.3 Å². The van der Waals surface area contributed by atoms with E-state index in [0.717, 1.165) is 10.1 Å². The Morgan fingerprint density at radius 2 is 2.10 bits per heavy atom. The van der Waals surface area contributed by atoms with Crippen molar-refractivity contribution in [1.82, 2.24) is 9.97 Å². The summed E-state index contributed by atoms with van der Waals surface area (Å²) in [6.45, 7) is 1.56. The molecule has 1 aromatic carbocycles. The lowest BCUT2D eigenvalue weighted by atomic mass is 10.1. The normalized spacial score (nSPS) is 10.8. The summed E-state index contributed by atoms with van der Waals surface area (Å²) in [4.78, 5) is 18.8. The number of hydrogen-bond acceptors (Lipinski definition) is 6. The van der Waals surface area contributed by atoms with Crippen molar-refractivity contribution in [3.63, 3.8) is 0 Å². The fourth-order valence-corrected chi connectivity index (χ4v) is 3.09. The molecule has 0 bridgehead atoms. The van der Waals surface area contributed by atoms with Gasteiger partial charge in [-0.1, -0.05) is 18.2 Å². The van der Waals surface area contributed by atoms with Gasteiger partial charge in [0.25, 0.3) is 0 Å². The van der Waals surface area contributed by atoms with E-state index in [4.69, 9.17) is 5.73 Å². The number of aromatic nitrogens is 2. The summed E-state index contributed by atoms with van der Waals surface area (Å²) in [7, 11) is 0. The molecule has 20 heavy (non-hydrogen) atoms. The van der Waals surface area contributed by atoms with Crippen molar-refractivity contribution < 1.29 is 4.92 Å². The van der Waals surface area contributed by atoms with Crippen LogP contribution in [0.15, 0.2) is 29.6 Å². The van der Waals surface area contributed by atoms with Gasteiger partial charge in [0.1, 0.15) is 5.69 Å². The Morgan fingerprint density at radius 3 is 2.85 bits per heavy atom. The first-order valence-electron chi connectivity index (χ1n) is 5.83. The fourth-order valence-electron chi connectivity index (χ4n) is 2.17. The number of anilines is 1. The highest BCUT2D eigenvalue weighted by Crippen LogP contribution is 2.37. The van der Waals surface area contributed by atoms with Crippen LogP contribution >= 0.6 is 11.3 Å². The number of nitrogen functional groups attached to an aromatic ring is 1. The zero-order chi connectivity index (χ0) is 14.3. The quantitative estimate of drug-likeness (QED) is 0.576. The minimum Gasteiger partial charge on any atom is -0.368 e. The smallest absolute Gasteiger partial charge is 0.316 e. The number of nitrogens with two attached hydrogens (primary N) is 1. The van der Waals surface area contributed by atoms with Crippen LogP contribution in [0.4, 0.5) is 11.6 Å². The molecule has 6 nitrogen and oxygen atoms in total. The fraction of sp³-hybridized carbons (Fsp3) is 0.0769. The van der Waals surface area contributed by atoms with E-state index in [2.05, 4.69) is 9.97 Å². The van der Waals surface area contributed by atoms with Gasteiger partial charge in [-0.3, -0.25) is 10.1 Å². The largest absolute Gasteiger partial charge is 0.368 e. The second kappa shape index (κ2) is 4.53. The van der Waals surface area contributed by atoms with Crippen LogP contribution < -0.4 is 5.73 Å². The molecule has 3 rings (SSSR count). The minimum atomic E-state index is -0.462. The zero-order valence-corrected chi connectivity index (χ0v) is 11.3. The maximum Gasteiger partial charge on any atom is 0.316 e. The lowest BCUT2D eigenvalue weighted by Crippen LogP contribution is -2.04. The van der Waals surface area contributed by atoms with Crippen molar-refractivity contribution in [2.45, 2.75) is 6.92 Å². The third-order valence-corrected chi connectivity index (χ3v) is 3.96. The predicted molar refractivity (Wildman–Crippen MR) is 78.7 cm³/mol. The van der Waals surface area contributed by atoms with E-state index in [1.807, 2.05) is 29.6 Å². The number of rotatable bonds is 2. The number of nitrogens with zero attached hydrogens (tertiary/aromatic N) is 3. The van der Waals surface area contributed by atoms with Crippen molar-refractivity contribution in [2.75, 3.05) is 5.73 Å². The van der Waals surface area contributed by atoms with Crippen LogP contribution in [-0.2, 0) is 0 Å². The van der Waals surface area contributed by atoms with Crippen LogP contribution in [0, 0.1) is 17.0 Å². The van der Waals surface area contributed by atoms with Crippen LogP contribution in [-0.4, -0.2) is 14.9 Å². The third kappa shape index (κ3) is 1.88. The van der Waals surface area contributed by atoms with Crippen LogP contribution in [0.5, 0.6) is 0 Å². The van der Waals surface area contributed by atoms with Crippen LogP contribution in [0.3, 0.4) is 0 Å². The first kappa shape index (κ1) is 12.5. The standard InChI is InChI=1S/C13H10N4O2S/c1-7-11(17(18)19)10(16-13(14)15-7)9-4-2-3-8-5-6-20-12(8)9/h2-6H,1H3,(H2,14,15,16). The highest BCUT2D eigenvalue weighted by molar-refractivity contribution is 7.17. The molecule has 0 radical (unpaired) electrons. The van der Waals surface area contributed by atoms with E-state index < -0.39 is 4.92 Å². The second-order valence-electron chi connectivity index (χ2n) is 4.27. The average molecular weight is 286 g/mol. The van der Waals surface area contributed by atoms with Crippen molar-refractivity contribution in [1.29, 1.82) is 0 Å². The average Bonchev–Trinajstić information content (AvgIpc) is 2.84. The maximum absolute atomic E-state index is 11.3. The molecular formula is C13H10N4O2S. The Kier molecular flexibility index (Phi) is 2.83. The SMILES string of the molecule is Cc1nc(N)nc(-c2cccc3ccsc23)c1[N+](=O)[O-]. The van der Waals surface area contributed by atoms with E-state index in [0.29, 0.717) is 5.56 Å². The topological polar surface area (TPSA) is 94.9 Å². The molecule has 0 spiro atoms. The Balaban J connectivity index is 2.39. The molecular weight excluding hydrogens is 276 g/mol. The van der Waals surface area contributed by atoms with Gasteiger partial charge in [0.2, 0.25) is 5.95 Å². The molecule has 0 aliphatic rings. The van der Waals surface area contributed by atoms with Gasteiger partial charge in [-0.25, -0.2) is 9.97 Å². The number of nitro groups is 1. The van der Waals surface area contributed by atoms with Gasteiger partial charge >= 0.3 is 5.69 Å². The van der Waals surface area contributed by atoms with Crippen molar-refractivity contribution in [2.24, 2.45) is 0 Å². The summed E-state index contributed by atoms with van der Waals surface area (Å²) in [6, 6.07) is 7.58. The van der Waals surface area contributed by atoms with Crippen molar-refractivity contribution in [3.05, 3.63) is 45.5 Å². The Labute approximate surface area is 118 Å². The van der Waals surface area contributed by atoms with E-state index >= 15 is 0 Å². The maximum atomic E-state index is 11.3. The molecule has 0 atom stereocenters. The Morgan fingerprint density at radius 1 is 1.30 bits per heavy atom. The summed E-state index contributed by atoms with van der Waals surface area (Å²) < 4.78 is 0.952. The number of hydrogen-bond donors (Lipinski definition) is 1. The number of benzene rings is 1. The molecule has 2 heterocycles. The summed E-state index contributed by atoms with van der Waals surface area (Å²) in [5, 5.41) is 14.3. The lowest BCUT2D eigenvalue weighted by molar-refractivity contribution is -0.385. The summed E-state index contributed by atoms with van der Waals surface area (Å²) in [5.41, 5.74) is 6.80. The molecule has 2 N–H and O–H groups in total. The molecule has 0 fully saturated rings. The molecule has 100 valence electrons. The lowest BCUT2D eigenvalue weighted by Gasteiger charge is -2.06. The minimum absolute atomic E-state index is 0.0386. The van der Waals surface area contributed by atoms with E-state index in [9.17, 15) is 10.1 Å². The first-order chi connectivity index (χ1) is 9.58. The predicted octanol–water partition coefficient (Wildman–Crippen LogP) is 3.16. The molecule has 3 aromatic rings. The van der Waals surface area contributed by atoms with Gasteiger partial charge in [-0.15, -0.1) is 11.3 Å². The van der Waals surface area contributed by atoms with Crippen LogP contribution in [0.25, 0.3) is 21.3 Å². The van der Waals surface area contributed by atoms with Gasteiger partial charge in [0, 0.05) is 10.3 Å². The summed E-state index contributed by atoms with van der Waals surface area (Å²) >= 11 is 1.52. The van der Waals surface area contributed by atoms with Gasteiger partial charge in [0.05, 0.1) is 4.92 Å². The molecule has 0 aliphatic heterocycles. The summed E-state index contributed by atoms with van der Waals surface area (Å²) in [5.74, 6) is 0.0386. The van der Waals surface area contributed by atoms with Crippen molar-refractivity contribution >= 4 is 33.1 Å². The first-order valence-corrected chi connectivity index (χ1v) is 6.71. The highest BCUT2D eigenvalue weighted by atomic mass is 32.1. The molecule has 0 saturated carbocycles. The monoisotopic (exact) mass is 286 g/mol. The van der Waals surface area contributed by atoms with E-state index in [1.54, 1.807) is 6.92 Å². The molecule has 0 unspecified atom stereocenters. The third-order valence-electron chi connectivity index (χ3n) is 2.99. The molecule has 0 aliphatic carbocycles. The summed E-state index contributed by atoms with van der Waals surface area (Å²) in [6.07, 6.45) is 0. The molecule has 0 saturated heterocycles. The van der Waals surface area contributed by atoms with Gasteiger partial charge < -0.3 is 5.73 Å². The van der Waals surface area contributed by atoms with E-state index in [1.165, 1.54) is 11.3 Å². The second-order valence-corrected chi connectivity index (χ2v) is 5.18. The highest BCUT2D eigenvalue weighted by Gasteiger charge is 2.24. The Bertz CT molecular complexity index is 828. The van der Waals surface area contributed by atoms with Gasteiger partial charge in [0.15, 0.2) is 5.69 Å². The number of thiophene rings is 1. The van der Waals surface area contributed by atoms with Crippen LogP contribution in [0.2, 0.25) is 0 Å². The molecule has 0 amide bonds. The van der Waals surface area contributed by atoms with Crippen LogP contribution in [0.1, 0.15) is 5.69 Å². The number of fused-ring (bicyclic) bond motifs is 1. The molecule has 2 aromatic heterocycles. The zero-order valence-electron chi connectivity index (χ0n) is 10.5. The van der Waals surface area contributed by atoms with Gasteiger partial charge in [-0.05, 0) is 23.8 Å². The van der Waals surface area contributed by atoms with Gasteiger partial charge in [-0.2, -0.15) is 0 Å². The number of aryl methyl sites for hydroxylation is 1. The van der Waals surface area contributed by atoms with E-state index in [-0.39, 0.29) is 23.0 Å². The molecule has 7 heteroatoms. The Hall–Kier alpha value is -2.54.